The molecule has 1 fully saturated rings. The van der Waals surface area contributed by atoms with Gasteiger partial charge in [-0.05, 0) is 6.42 Å². The largest absolute Gasteiger partial charge is 0.341 e. The molecule has 0 spiro atoms. The molecule has 0 radical (unpaired) electrons. The van der Waals surface area contributed by atoms with Gasteiger partial charge in [0.05, 0.1) is 0 Å². The van der Waals surface area contributed by atoms with Gasteiger partial charge in [0.2, 0.25) is 5.91 Å². The summed E-state index contributed by atoms with van der Waals surface area (Å²) in [5, 5.41) is 0. The van der Waals surface area contributed by atoms with E-state index in [4.69, 9.17) is 5.73 Å². The van der Waals surface area contributed by atoms with Gasteiger partial charge in [-0.2, -0.15) is 0 Å². The van der Waals surface area contributed by atoms with E-state index in [0.717, 1.165) is 19.5 Å². The molecule has 0 unspecified atom stereocenters. The average molecular weight is 201 g/mol. The third-order valence-electron chi connectivity index (χ3n) is 1.67. The van der Waals surface area contributed by atoms with Crippen LogP contribution in [0.2, 0.25) is 0 Å². The van der Waals surface area contributed by atoms with E-state index in [1.165, 1.54) is 0 Å². The molecular formula is C6H14Cl2N2O. The highest BCUT2D eigenvalue weighted by Gasteiger charge is 2.20. The first-order valence-electron chi connectivity index (χ1n) is 3.21. The Hall–Kier alpha value is 0.01000. The van der Waals surface area contributed by atoms with E-state index < -0.39 is 0 Å². The first kappa shape index (κ1) is 13.6. The number of amides is 1. The number of rotatable bonds is 0. The maximum atomic E-state index is 10.7. The Morgan fingerprint density at radius 1 is 1.55 bits per heavy atom. The lowest BCUT2D eigenvalue weighted by Crippen LogP contribution is -2.29. The molecule has 0 aromatic heterocycles. The van der Waals surface area contributed by atoms with E-state index in [9.17, 15) is 4.79 Å². The van der Waals surface area contributed by atoms with Crippen molar-refractivity contribution in [2.45, 2.75) is 19.4 Å². The molecule has 1 rings (SSSR count). The summed E-state index contributed by atoms with van der Waals surface area (Å²) in [6.45, 7) is 3.17. The van der Waals surface area contributed by atoms with Crippen LogP contribution in [-0.2, 0) is 4.79 Å². The van der Waals surface area contributed by atoms with Crippen molar-refractivity contribution in [2.75, 3.05) is 13.1 Å². The quantitative estimate of drug-likeness (QED) is 0.617. The Bertz CT molecular complexity index is 132. The highest BCUT2D eigenvalue weighted by molar-refractivity contribution is 5.85. The Kier molecular flexibility index (Phi) is 6.96. The molecule has 0 aromatic rings. The third-order valence-corrected chi connectivity index (χ3v) is 1.67. The lowest BCUT2D eigenvalue weighted by Gasteiger charge is -2.11. The van der Waals surface area contributed by atoms with Crippen LogP contribution < -0.4 is 5.73 Å². The van der Waals surface area contributed by atoms with Crippen LogP contribution in [0.25, 0.3) is 0 Å². The van der Waals surface area contributed by atoms with Crippen molar-refractivity contribution in [1.82, 2.24) is 4.90 Å². The van der Waals surface area contributed by atoms with Gasteiger partial charge in [0.1, 0.15) is 0 Å². The molecule has 0 aliphatic carbocycles. The summed E-state index contributed by atoms with van der Waals surface area (Å²) in [7, 11) is 0. The predicted molar refractivity (Wildman–Crippen MR) is 49.3 cm³/mol. The number of nitrogens with zero attached hydrogens (tertiary/aromatic N) is 1. The molecule has 2 N–H and O–H groups in total. The third kappa shape index (κ3) is 3.79. The molecule has 68 valence electrons. The molecule has 0 bridgehead atoms. The fraction of sp³-hybridized carbons (Fsp3) is 0.833. The lowest BCUT2D eigenvalue weighted by molar-refractivity contribution is -0.127. The maximum Gasteiger partial charge on any atom is 0.219 e. The fourth-order valence-corrected chi connectivity index (χ4v) is 1.07. The summed E-state index contributed by atoms with van der Waals surface area (Å²) in [5.41, 5.74) is 5.57. The molecule has 1 aliphatic rings. The highest BCUT2D eigenvalue weighted by Crippen LogP contribution is 2.05. The summed E-state index contributed by atoms with van der Waals surface area (Å²) in [4.78, 5) is 12.4. The molecule has 11 heavy (non-hydrogen) atoms. The molecule has 1 saturated heterocycles. The summed E-state index contributed by atoms with van der Waals surface area (Å²) in [5.74, 6) is 0.142. The number of carbonyl (C=O) groups excluding carboxylic acids is 1. The molecule has 1 amide bonds. The first-order chi connectivity index (χ1) is 4.20. The van der Waals surface area contributed by atoms with Crippen LogP contribution in [0.1, 0.15) is 13.3 Å². The van der Waals surface area contributed by atoms with Gasteiger partial charge in [-0.25, -0.2) is 0 Å². The zero-order chi connectivity index (χ0) is 6.85. The molecule has 0 aromatic carbocycles. The van der Waals surface area contributed by atoms with Gasteiger partial charge in [0.25, 0.3) is 0 Å². The monoisotopic (exact) mass is 200 g/mol. The number of nitrogens with two attached hydrogens (primary N) is 1. The SMILES string of the molecule is CC(=O)N1CC[C@@H](N)C1.Cl.Cl. The second-order valence-corrected chi connectivity index (χ2v) is 2.51. The number of likely N-dealkylation sites (tertiary alicyclic amines) is 1. The Morgan fingerprint density at radius 2 is 2.09 bits per heavy atom. The average Bonchev–Trinajstić information content (AvgIpc) is 2.14. The van der Waals surface area contributed by atoms with Gasteiger partial charge in [-0.3, -0.25) is 4.79 Å². The van der Waals surface area contributed by atoms with E-state index in [1.807, 2.05) is 0 Å². The normalized spacial score (nSPS) is 22.0. The second-order valence-electron chi connectivity index (χ2n) is 2.51. The molecule has 5 heteroatoms. The summed E-state index contributed by atoms with van der Waals surface area (Å²) >= 11 is 0. The van der Waals surface area contributed by atoms with Gasteiger partial charge in [0, 0.05) is 26.1 Å². The topological polar surface area (TPSA) is 46.3 Å². The molecule has 1 heterocycles. The lowest BCUT2D eigenvalue weighted by atomic mass is 10.3. The highest BCUT2D eigenvalue weighted by atomic mass is 35.5. The van der Waals surface area contributed by atoms with Crippen molar-refractivity contribution in [3.05, 3.63) is 0 Å². The van der Waals surface area contributed by atoms with Gasteiger partial charge < -0.3 is 10.6 Å². The minimum Gasteiger partial charge on any atom is -0.341 e. The predicted octanol–water partition coefficient (Wildman–Crippen LogP) is 0.410. The van der Waals surface area contributed by atoms with Crippen molar-refractivity contribution in [2.24, 2.45) is 5.73 Å². The van der Waals surface area contributed by atoms with Crippen LogP contribution in [0.15, 0.2) is 0 Å². The number of hydrogen-bond acceptors (Lipinski definition) is 2. The van der Waals surface area contributed by atoms with E-state index in [-0.39, 0.29) is 36.8 Å². The van der Waals surface area contributed by atoms with Crippen LogP contribution >= 0.6 is 24.8 Å². The van der Waals surface area contributed by atoms with Crippen LogP contribution in [0, 0.1) is 0 Å². The van der Waals surface area contributed by atoms with Crippen molar-refractivity contribution >= 4 is 30.7 Å². The Balaban J connectivity index is 0. The standard InChI is InChI=1S/C6H12N2O.2ClH/c1-5(9)8-3-2-6(7)4-8;;/h6H,2-4,7H2,1H3;2*1H/t6-;;/m1../s1. The smallest absolute Gasteiger partial charge is 0.219 e. The number of carbonyl (C=O) groups is 1. The summed E-state index contributed by atoms with van der Waals surface area (Å²) < 4.78 is 0. The molecule has 0 saturated carbocycles. The molecule has 3 nitrogen and oxygen atoms in total. The summed E-state index contributed by atoms with van der Waals surface area (Å²) in [6, 6.07) is 0.217. The zero-order valence-corrected chi connectivity index (χ0v) is 8.08. The van der Waals surface area contributed by atoms with Crippen molar-refractivity contribution in [3.8, 4) is 0 Å². The zero-order valence-electron chi connectivity index (χ0n) is 6.45. The Labute approximate surface area is 79.1 Å². The van der Waals surface area contributed by atoms with Gasteiger partial charge in [0.15, 0.2) is 0 Å². The van der Waals surface area contributed by atoms with Crippen LogP contribution in [-0.4, -0.2) is 29.9 Å². The molecule has 1 atom stereocenters. The number of halogens is 2. The molecule has 1 aliphatic heterocycles. The van der Waals surface area contributed by atoms with Crippen LogP contribution in [0.3, 0.4) is 0 Å². The number of hydrogen-bond donors (Lipinski definition) is 1. The van der Waals surface area contributed by atoms with E-state index in [1.54, 1.807) is 11.8 Å². The van der Waals surface area contributed by atoms with Crippen molar-refractivity contribution in [1.29, 1.82) is 0 Å². The fourth-order valence-electron chi connectivity index (χ4n) is 1.07. The van der Waals surface area contributed by atoms with Crippen molar-refractivity contribution < 1.29 is 4.79 Å². The maximum absolute atomic E-state index is 10.7. The van der Waals surface area contributed by atoms with Gasteiger partial charge >= 0.3 is 0 Å². The van der Waals surface area contributed by atoms with Gasteiger partial charge in [-0.15, -0.1) is 24.8 Å². The van der Waals surface area contributed by atoms with E-state index >= 15 is 0 Å². The second kappa shape index (κ2) is 5.63. The molecular weight excluding hydrogens is 187 g/mol. The summed E-state index contributed by atoms with van der Waals surface area (Å²) in [6.07, 6.45) is 0.958. The minimum atomic E-state index is 0. The van der Waals surface area contributed by atoms with Crippen molar-refractivity contribution in [3.63, 3.8) is 0 Å². The minimum absolute atomic E-state index is 0. The van der Waals surface area contributed by atoms with E-state index in [2.05, 4.69) is 0 Å². The van der Waals surface area contributed by atoms with Gasteiger partial charge in [-0.1, -0.05) is 0 Å². The Morgan fingerprint density at radius 3 is 2.27 bits per heavy atom. The van der Waals surface area contributed by atoms with Crippen LogP contribution in [0.4, 0.5) is 0 Å². The van der Waals surface area contributed by atoms with Crippen LogP contribution in [0.5, 0.6) is 0 Å². The van der Waals surface area contributed by atoms with E-state index in [0.29, 0.717) is 0 Å². The first-order valence-corrected chi connectivity index (χ1v) is 3.21.